The third-order valence-electron chi connectivity index (χ3n) is 3.73. The Morgan fingerprint density at radius 2 is 2.00 bits per heavy atom. The Balaban J connectivity index is 2.14. The molecule has 5 nitrogen and oxygen atoms in total. The summed E-state index contributed by atoms with van der Waals surface area (Å²) in [6.07, 6.45) is 0. The fourth-order valence-corrected chi connectivity index (χ4v) is 2.60. The first kappa shape index (κ1) is 14.1. The lowest BCUT2D eigenvalue weighted by atomic mass is 10.1. The maximum atomic E-state index is 5.77. The zero-order chi connectivity index (χ0) is 15.1. The Bertz CT molecular complexity index is 708. The van der Waals surface area contributed by atoms with Gasteiger partial charge in [-0.05, 0) is 0 Å². The van der Waals surface area contributed by atoms with Crippen LogP contribution in [0, 0.1) is 5.92 Å². The van der Waals surface area contributed by atoms with Gasteiger partial charge in [0.2, 0.25) is 6.79 Å². The van der Waals surface area contributed by atoms with Crippen LogP contribution in [0.1, 0.15) is 32.5 Å². The summed E-state index contributed by atoms with van der Waals surface area (Å²) in [4.78, 5) is 5.27. The van der Waals surface area contributed by atoms with Crippen LogP contribution in [0.15, 0.2) is 12.1 Å². The minimum absolute atomic E-state index is 0.111. The number of ether oxygens (including phenoxy) is 2. The summed E-state index contributed by atoms with van der Waals surface area (Å²) in [5.41, 5.74) is 7.71. The third-order valence-corrected chi connectivity index (χ3v) is 4.13. The molecule has 0 amide bonds. The number of fused-ring (bicyclic) bond motifs is 2. The normalized spacial score (nSPS) is 14.9. The Morgan fingerprint density at radius 3 is 2.62 bits per heavy atom. The van der Waals surface area contributed by atoms with Crippen molar-refractivity contribution in [2.45, 2.75) is 33.2 Å². The number of imidazole rings is 1. The van der Waals surface area contributed by atoms with Crippen molar-refractivity contribution in [3.63, 3.8) is 0 Å². The highest BCUT2D eigenvalue weighted by molar-refractivity contribution is 7.80. The van der Waals surface area contributed by atoms with Crippen molar-refractivity contribution in [3.05, 3.63) is 18.0 Å². The molecule has 0 spiro atoms. The van der Waals surface area contributed by atoms with Gasteiger partial charge >= 0.3 is 0 Å². The number of thiocarbonyl (C=S) groups is 1. The molecule has 1 aliphatic heterocycles. The molecule has 0 bridgehead atoms. The lowest BCUT2D eigenvalue weighted by Crippen LogP contribution is -2.24. The molecule has 2 heterocycles. The van der Waals surface area contributed by atoms with E-state index in [1.165, 1.54) is 0 Å². The van der Waals surface area contributed by atoms with Gasteiger partial charge in [0.05, 0.1) is 16.0 Å². The van der Waals surface area contributed by atoms with Crippen LogP contribution in [0.2, 0.25) is 0 Å². The zero-order valence-electron chi connectivity index (χ0n) is 12.4. The van der Waals surface area contributed by atoms with Crippen LogP contribution < -0.4 is 15.2 Å². The summed E-state index contributed by atoms with van der Waals surface area (Å²) < 4.78 is 13.1. The average molecular weight is 305 g/mol. The Morgan fingerprint density at radius 1 is 1.33 bits per heavy atom. The standard InChI is InChI=1S/C15H19N3O2S/c1-8(2)15-17-10-4-12-13(20-7-19-12)5-11(10)18(15)6-9(3)14(16)21/h4-5,8-9H,6-7H2,1-3H3,(H2,16,21). The van der Waals surface area contributed by atoms with E-state index in [-0.39, 0.29) is 12.7 Å². The largest absolute Gasteiger partial charge is 0.454 e. The molecular formula is C15H19N3O2S. The van der Waals surface area contributed by atoms with Crippen LogP contribution in [0.5, 0.6) is 11.5 Å². The van der Waals surface area contributed by atoms with E-state index in [1.54, 1.807) is 0 Å². The van der Waals surface area contributed by atoms with Crippen molar-refractivity contribution >= 4 is 28.2 Å². The Kier molecular flexibility index (Phi) is 3.49. The number of aromatic nitrogens is 2. The molecule has 0 fully saturated rings. The number of benzene rings is 1. The van der Waals surface area contributed by atoms with Crippen LogP contribution in [0.3, 0.4) is 0 Å². The van der Waals surface area contributed by atoms with Crippen molar-refractivity contribution in [2.24, 2.45) is 11.7 Å². The minimum Gasteiger partial charge on any atom is -0.454 e. The Labute approximate surface area is 129 Å². The second-order valence-electron chi connectivity index (χ2n) is 5.73. The van der Waals surface area contributed by atoms with Crippen LogP contribution in [0.25, 0.3) is 11.0 Å². The average Bonchev–Trinajstić information content (AvgIpc) is 3.00. The predicted molar refractivity (Wildman–Crippen MR) is 85.9 cm³/mol. The summed E-state index contributed by atoms with van der Waals surface area (Å²) in [6.45, 7) is 7.28. The van der Waals surface area contributed by atoms with Gasteiger partial charge in [-0.1, -0.05) is 33.0 Å². The molecule has 1 aliphatic rings. The van der Waals surface area contributed by atoms with E-state index >= 15 is 0 Å². The lowest BCUT2D eigenvalue weighted by molar-refractivity contribution is 0.174. The van der Waals surface area contributed by atoms with Gasteiger partial charge in [0.15, 0.2) is 11.5 Å². The van der Waals surface area contributed by atoms with Crippen LogP contribution >= 0.6 is 12.2 Å². The van der Waals surface area contributed by atoms with Gasteiger partial charge in [0, 0.05) is 30.5 Å². The van der Waals surface area contributed by atoms with Crippen molar-refractivity contribution < 1.29 is 9.47 Å². The third kappa shape index (κ3) is 2.44. The number of hydrogen-bond donors (Lipinski definition) is 1. The maximum absolute atomic E-state index is 5.77. The highest BCUT2D eigenvalue weighted by Crippen LogP contribution is 2.37. The summed E-state index contributed by atoms with van der Waals surface area (Å²) in [5, 5.41) is 0. The molecule has 1 aromatic carbocycles. The molecule has 0 saturated heterocycles. The van der Waals surface area contributed by atoms with E-state index in [4.69, 9.17) is 32.4 Å². The van der Waals surface area contributed by atoms with Gasteiger partial charge in [-0.3, -0.25) is 0 Å². The van der Waals surface area contributed by atoms with Gasteiger partial charge < -0.3 is 19.8 Å². The summed E-state index contributed by atoms with van der Waals surface area (Å²) in [7, 11) is 0. The molecule has 2 N–H and O–H groups in total. The fraction of sp³-hybridized carbons (Fsp3) is 0.467. The van der Waals surface area contributed by atoms with E-state index in [0.29, 0.717) is 10.9 Å². The molecule has 21 heavy (non-hydrogen) atoms. The SMILES string of the molecule is CC(Cn1c(C(C)C)nc2cc3c(cc21)OCO3)C(N)=S. The molecule has 1 atom stereocenters. The van der Waals surface area contributed by atoms with Crippen LogP contribution in [-0.4, -0.2) is 21.3 Å². The van der Waals surface area contributed by atoms with Crippen molar-refractivity contribution in [3.8, 4) is 11.5 Å². The van der Waals surface area contributed by atoms with Crippen molar-refractivity contribution in [1.29, 1.82) is 0 Å². The Hall–Kier alpha value is -1.82. The predicted octanol–water partition coefficient (Wildman–Crippen LogP) is 2.81. The molecule has 1 aromatic heterocycles. The van der Waals surface area contributed by atoms with E-state index in [1.807, 2.05) is 19.1 Å². The smallest absolute Gasteiger partial charge is 0.231 e. The molecule has 2 aromatic rings. The first-order chi connectivity index (χ1) is 9.97. The first-order valence-corrected chi connectivity index (χ1v) is 7.47. The molecule has 3 rings (SSSR count). The van der Waals surface area contributed by atoms with Gasteiger partial charge in [-0.2, -0.15) is 0 Å². The summed E-state index contributed by atoms with van der Waals surface area (Å²) >= 11 is 5.10. The summed E-state index contributed by atoms with van der Waals surface area (Å²) in [5.74, 6) is 2.97. The minimum atomic E-state index is 0.111. The van der Waals surface area contributed by atoms with Crippen molar-refractivity contribution in [2.75, 3.05) is 6.79 Å². The number of rotatable bonds is 4. The van der Waals surface area contributed by atoms with Gasteiger partial charge in [-0.25, -0.2) is 4.98 Å². The lowest BCUT2D eigenvalue weighted by Gasteiger charge is -2.16. The zero-order valence-corrected chi connectivity index (χ0v) is 13.2. The van der Waals surface area contributed by atoms with Gasteiger partial charge in [0.25, 0.3) is 0 Å². The number of nitrogens with zero attached hydrogens (tertiary/aromatic N) is 2. The second-order valence-corrected chi connectivity index (χ2v) is 6.20. The monoisotopic (exact) mass is 305 g/mol. The topological polar surface area (TPSA) is 62.3 Å². The molecule has 112 valence electrons. The van der Waals surface area contributed by atoms with E-state index in [2.05, 4.69) is 18.4 Å². The number of hydrogen-bond acceptors (Lipinski definition) is 4. The van der Waals surface area contributed by atoms with E-state index < -0.39 is 0 Å². The molecule has 0 aliphatic carbocycles. The first-order valence-electron chi connectivity index (χ1n) is 7.06. The summed E-state index contributed by atoms with van der Waals surface area (Å²) in [6, 6.07) is 3.92. The van der Waals surface area contributed by atoms with Gasteiger partial charge in [0.1, 0.15) is 5.82 Å². The fourth-order valence-electron chi connectivity index (χ4n) is 2.53. The number of nitrogens with two attached hydrogens (primary N) is 1. The molecule has 6 heteroatoms. The van der Waals surface area contributed by atoms with E-state index in [9.17, 15) is 0 Å². The van der Waals surface area contributed by atoms with Crippen LogP contribution in [-0.2, 0) is 6.54 Å². The molecule has 1 unspecified atom stereocenters. The molecule has 0 radical (unpaired) electrons. The van der Waals surface area contributed by atoms with Crippen molar-refractivity contribution in [1.82, 2.24) is 9.55 Å². The second kappa shape index (κ2) is 5.18. The molecular weight excluding hydrogens is 286 g/mol. The highest BCUT2D eigenvalue weighted by Gasteiger charge is 2.21. The molecule has 0 saturated carbocycles. The quantitative estimate of drug-likeness (QED) is 0.880. The highest BCUT2D eigenvalue weighted by atomic mass is 32.1. The van der Waals surface area contributed by atoms with E-state index in [0.717, 1.165) is 34.9 Å². The van der Waals surface area contributed by atoms with Gasteiger partial charge in [-0.15, -0.1) is 0 Å². The maximum Gasteiger partial charge on any atom is 0.231 e. The van der Waals surface area contributed by atoms with Crippen LogP contribution in [0.4, 0.5) is 0 Å².